The minimum absolute atomic E-state index is 0.0475. The molecule has 1 amide bonds. The highest BCUT2D eigenvalue weighted by Gasteiger charge is 2.66. The number of hydrogen-bond donors (Lipinski definition) is 8. The van der Waals surface area contributed by atoms with E-state index in [1.807, 2.05) is 39.0 Å². The van der Waals surface area contributed by atoms with Gasteiger partial charge in [0.2, 0.25) is 0 Å². The lowest BCUT2D eigenvalue weighted by molar-refractivity contribution is -0.339. The molecule has 4 saturated heterocycles. The number of hydrogen-bond acceptors (Lipinski definition) is 15. The topological polar surface area (TPSA) is 283 Å². The third-order valence-corrected chi connectivity index (χ3v) is 20.3. The molecular weight excluding hydrogens is 1050 g/mol. The number of H-pyrrole nitrogens is 2. The van der Waals surface area contributed by atoms with Gasteiger partial charge in [-0.05, 0) is 114 Å². The first kappa shape index (κ1) is 57.2. The van der Waals surface area contributed by atoms with Crippen LogP contribution in [0.2, 0.25) is 5.02 Å². The zero-order valence-corrected chi connectivity index (χ0v) is 47.6. The van der Waals surface area contributed by atoms with Crippen molar-refractivity contribution in [2.75, 3.05) is 0 Å². The van der Waals surface area contributed by atoms with Gasteiger partial charge in [-0.2, -0.15) is 0 Å². The number of halogens is 1. The molecule has 11 rings (SSSR count). The first-order valence-corrected chi connectivity index (χ1v) is 29.3. The van der Waals surface area contributed by atoms with E-state index >= 15 is 4.79 Å². The van der Waals surface area contributed by atoms with E-state index in [0.29, 0.717) is 42.8 Å². The molecule has 4 aliphatic carbocycles. The van der Waals surface area contributed by atoms with Crippen LogP contribution in [0.25, 0.3) is 21.9 Å². The number of allylic oxidation sites excluding steroid dienone is 2. The van der Waals surface area contributed by atoms with Gasteiger partial charge in [0.1, 0.15) is 40.4 Å². The Morgan fingerprint density at radius 3 is 2.30 bits per heavy atom. The second-order valence-corrected chi connectivity index (χ2v) is 25.7. The van der Waals surface area contributed by atoms with Gasteiger partial charge in [0.15, 0.2) is 24.7 Å². The molecule has 1 saturated carbocycles. The number of aliphatic hydroxyl groups excluding tert-OH is 2. The number of aromatic amines is 2. The number of nitrogens with two attached hydrogens (primary N) is 1. The van der Waals surface area contributed by atoms with E-state index in [1.165, 1.54) is 0 Å². The van der Waals surface area contributed by atoms with Gasteiger partial charge in [-0.15, -0.1) is 0 Å². The number of ether oxygens (including phenoxy) is 7. The van der Waals surface area contributed by atoms with Crippen LogP contribution in [-0.4, -0.2) is 139 Å². The highest BCUT2D eigenvalue weighted by Crippen LogP contribution is 2.60. The summed E-state index contributed by atoms with van der Waals surface area (Å²) in [4.78, 5) is 61.9. The number of Topliss-reactive ketones (excluding diaryl/α,β-unsaturated/α-hetero) is 1. The smallest absolute Gasteiger partial charge is 0.355 e. The maximum absolute atomic E-state index is 15.1. The Hall–Kier alpha value is -4.67. The minimum Gasteiger partial charge on any atom is -0.511 e. The van der Waals surface area contributed by atoms with Crippen molar-refractivity contribution in [1.82, 2.24) is 15.3 Å². The van der Waals surface area contributed by atoms with Gasteiger partial charge >= 0.3 is 11.9 Å². The number of aromatic nitrogens is 2. The van der Waals surface area contributed by atoms with Crippen molar-refractivity contribution < 1.29 is 72.8 Å². The average Bonchev–Trinajstić information content (AvgIpc) is 4.25. The molecule has 4 aliphatic heterocycles. The van der Waals surface area contributed by atoms with Crippen LogP contribution in [0.3, 0.4) is 0 Å². The zero-order chi connectivity index (χ0) is 57.1. The molecule has 3 aromatic rings. The number of amides is 1. The van der Waals surface area contributed by atoms with Crippen molar-refractivity contribution in [1.29, 1.82) is 0 Å². The number of carbonyl (C=O) groups is 4. The number of nitrogens with one attached hydrogen (secondary N) is 3. The van der Waals surface area contributed by atoms with Crippen LogP contribution in [-0.2, 0) is 47.5 Å². The highest BCUT2D eigenvalue weighted by atomic mass is 35.5. The van der Waals surface area contributed by atoms with Crippen molar-refractivity contribution in [3.63, 3.8) is 0 Å². The van der Waals surface area contributed by atoms with Crippen LogP contribution in [0.15, 0.2) is 59.4 Å². The summed E-state index contributed by atoms with van der Waals surface area (Å²) in [5, 5.41) is 52.4. The molecule has 21 unspecified atom stereocenters. The Labute approximate surface area is 470 Å². The van der Waals surface area contributed by atoms with Crippen molar-refractivity contribution in [2.45, 2.75) is 211 Å². The van der Waals surface area contributed by atoms with E-state index in [-0.39, 0.29) is 78.6 Å². The Morgan fingerprint density at radius 1 is 0.838 bits per heavy atom. The summed E-state index contributed by atoms with van der Waals surface area (Å²) in [5.74, 6) is -4.98. The average molecular weight is 1130 g/mol. The van der Waals surface area contributed by atoms with Crippen LogP contribution in [0.4, 0.5) is 0 Å². The third kappa shape index (κ3) is 9.75. The summed E-state index contributed by atoms with van der Waals surface area (Å²) in [6.45, 7) is 14.6. The Balaban J connectivity index is 0.728. The number of carbonyl (C=O) groups excluding carboxylic acids is 3. The molecule has 2 aromatic heterocycles. The van der Waals surface area contributed by atoms with E-state index in [1.54, 1.807) is 52.8 Å². The molecule has 21 atom stereocenters. The van der Waals surface area contributed by atoms with Crippen molar-refractivity contribution in [3.05, 3.63) is 70.1 Å². The predicted octanol–water partition coefficient (Wildman–Crippen LogP) is 7.95. The highest BCUT2D eigenvalue weighted by molar-refractivity contribution is 6.32. The number of aliphatic carboxylic acids is 1. The second-order valence-electron chi connectivity index (χ2n) is 25.3. The van der Waals surface area contributed by atoms with Crippen LogP contribution >= 0.6 is 11.6 Å². The SMILES string of the molecule is CCC1CC2(C)C=C(C(=O)O)C(C)CC23NC(=O)C(=C(O)C2(C)C(C=CC4C(OC5CCC(OC6CC(C)(O)C(OC7CC(OC(=O)c8cc9c([nH]8)[nH]c8ccc(Cl)cc89)C(N)C(C)O7)C(C)O6)C(C)O5)CCCC42)CC1O)C3=O. The molecule has 1 aromatic carbocycles. The van der Waals surface area contributed by atoms with E-state index < -0.39 is 125 Å². The summed E-state index contributed by atoms with van der Waals surface area (Å²) in [6, 6.07) is 6.58. The third-order valence-electron chi connectivity index (χ3n) is 20.1. The molecule has 0 radical (unpaired) electrons. The number of carboxylic acid groups (broad SMARTS) is 1. The fraction of sp³-hybridized carbons (Fsp3) is 0.667. The van der Waals surface area contributed by atoms with Crippen LogP contribution in [0.5, 0.6) is 0 Å². The van der Waals surface area contributed by atoms with Crippen molar-refractivity contribution in [3.8, 4) is 0 Å². The number of aliphatic hydroxyl groups is 3. The number of esters is 1. The number of carboxylic acids is 1. The lowest BCUT2D eigenvalue weighted by Gasteiger charge is -2.53. The Bertz CT molecular complexity index is 3020. The Kier molecular flexibility index (Phi) is 15.1. The van der Waals surface area contributed by atoms with Gasteiger partial charge in [-0.3, -0.25) is 9.59 Å². The standard InChI is InChI=1S/C60H79ClN4O15/c1-9-31-24-57(6)25-37(55(70)71)27(2)23-60(57)51(68)48(54(69)65-60)50(67)59(8)32(19-41(31)66)13-15-34-38(59)11-10-12-43(34)78-45-18-17-42(28(3)74-45)77-47-26-58(7,73)52(30(5)76-47)80-46-22-44(49(62)29(4)75-46)79-56(72)40-21-36-35-20-33(61)14-16-39(35)63-53(36)64-40/h13-16,20-21,25,27-32,34,38,41-47,49,52,63-64,66-67,73H,9-12,17-19,22-24,26,62H2,1-8H3,(H,65,69)(H,70,71). The van der Waals surface area contributed by atoms with Crippen LogP contribution < -0.4 is 11.1 Å². The first-order chi connectivity index (χ1) is 37.8. The number of rotatable bonds is 10. The fourth-order valence-corrected chi connectivity index (χ4v) is 15.7. The first-order valence-electron chi connectivity index (χ1n) is 28.9. The summed E-state index contributed by atoms with van der Waals surface area (Å²) < 4.78 is 45.0. The number of benzene rings is 1. The number of fused-ring (bicyclic) bond motifs is 7. The van der Waals surface area contributed by atoms with Gasteiger partial charge < -0.3 is 74.6 Å². The monoisotopic (exact) mass is 1130 g/mol. The molecule has 8 aliphatic rings. The molecule has 1 spiro atoms. The largest absolute Gasteiger partial charge is 0.511 e. The fourth-order valence-electron chi connectivity index (χ4n) is 15.6. The zero-order valence-electron chi connectivity index (χ0n) is 46.9. The van der Waals surface area contributed by atoms with Crippen LogP contribution in [0.1, 0.15) is 137 Å². The quantitative estimate of drug-likeness (QED) is 0.0543. The molecular formula is C60H79ClN4O15. The van der Waals surface area contributed by atoms with E-state index in [4.69, 9.17) is 50.5 Å². The van der Waals surface area contributed by atoms with Gasteiger partial charge in [0, 0.05) is 62.9 Å². The van der Waals surface area contributed by atoms with E-state index in [9.17, 15) is 34.8 Å². The maximum atomic E-state index is 15.1. The summed E-state index contributed by atoms with van der Waals surface area (Å²) in [5.41, 5.74) is 2.97. The molecule has 20 heteroatoms. The summed E-state index contributed by atoms with van der Waals surface area (Å²) in [6.07, 6.45) is 3.26. The maximum Gasteiger partial charge on any atom is 0.355 e. The Morgan fingerprint density at radius 2 is 1.57 bits per heavy atom. The lowest BCUT2D eigenvalue weighted by Crippen LogP contribution is -2.61. The van der Waals surface area contributed by atoms with Gasteiger partial charge in [-0.25, -0.2) is 9.59 Å². The van der Waals surface area contributed by atoms with E-state index in [0.717, 1.165) is 22.7 Å². The van der Waals surface area contributed by atoms with Crippen molar-refractivity contribution in [2.24, 2.45) is 46.2 Å². The summed E-state index contributed by atoms with van der Waals surface area (Å²) in [7, 11) is 0. The van der Waals surface area contributed by atoms with Gasteiger partial charge in [-0.1, -0.05) is 70.4 Å². The lowest BCUT2D eigenvalue weighted by atomic mass is 9.53. The van der Waals surface area contributed by atoms with Gasteiger partial charge in [0.25, 0.3) is 5.91 Å². The molecule has 80 heavy (non-hydrogen) atoms. The molecule has 5 fully saturated rings. The molecule has 9 N–H and O–H groups in total. The predicted molar refractivity (Wildman–Crippen MR) is 293 cm³/mol. The van der Waals surface area contributed by atoms with E-state index in [2.05, 4.69) is 21.4 Å². The van der Waals surface area contributed by atoms with Gasteiger partial charge in [0.05, 0.1) is 48.3 Å². The molecule has 19 nitrogen and oxygen atoms in total. The molecule has 2 bridgehead atoms. The molecule has 436 valence electrons. The summed E-state index contributed by atoms with van der Waals surface area (Å²) >= 11 is 6.26. The number of ketones is 1. The van der Waals surface area contributed by atoms with Crippen LogP contribution in [0, 0.1) is 40.4 Å². The van der Waals surface area contributed by atoms with Crippen molar-refractivity contribution >= 4 is 57.2 Å². The minimum atomic E-state index is -1.51. The second kappa shape index (κ2) is 21.2. The normalized spacial score (nSPS) is 43.2. The molecule has 6 heterocycles.